The third kappa shape index (κ3) is 2.05. The minimum atomic E-state index is 0.408. The molecule has 20 heavy (non-hydrogen) atoms. The van der Waals surface area contributed by atoms with E-state index < -0.39 is 0 Å². The molecule has 2 atom stereocenters. The highest BCUT2D eigenvalue weighted by Gasteiger charge is 2.39. The lowest BCUT2D eigenvalue weighted by molar-refractivity contribution is 0.120. The molecular weight excluding hydrogens is 270 g/mol. The second-order valence-corrected chi connectivity index (χ2v) is 6.73. The van der Waals surface area contributed by atoms with E-state index >= 15 is 0 Å². The molecule has 2 aromatic rings. The molecule has 3 N–H and O–H groups in total. The van der Waals surface area contributed by atoms with Gasteiger partial charge in [-0.3, -0.25) is 4.90 Å². The topological polar surface area (TPSA) is 45.0 Å². The molecule has 2 saturated heterocycles. The molecule has 1 aromatic carbocycles. The van der Waals surface area contributed by atoms with Gasteiger partial charge in [-0.15, -0.1) is 0 Å². The van der Waals surface area contributed by atoms with Gasteiger partial charge in [0.25, 0.3) is 0 Å². The van der Waals surface area contributed by atoms with Gasteiger partial charge >= 0.3 is 0 Å². The quantitative estimate of drug-likeness (QED) is 0.891. The molecule has 2 aliphatic rings. The van der Waals surface area contributed by atoms with E-state index in [-0.39, 0.29) is 0 Å². The Labute approximate surface area is 124 Å². The number of nitrogens with one attached hydrogen (secondary N) is 1. The van der Waals surface area contributed by atoms with Crippen LogP contribution in [0.25, 0.3) is 10.9 Å². The standard InChI is InChI=1S/C16H20ClN3/c17-11-1-4-15-10(8-19-16(15)5-11)9-20-13-2-3-14(20)7-12(18)6-13/h1,4-5,8,12-14,19H,2-3,6-7,9,18H2. The summed E-state index contributed by atoms with van der Waals surface area (Å²) in [6.07, 6.45) is 7.07. The van der Waals surface area contributed by atoms with E-state index in [4.69, 9.17) is 17.3 Å². The predicted molar refractivity (Wildman–Crippen MR) is 82.9 cm³/mol. The van der Waals surface area contributed by atoms with Crippen LogP contribution in [0.15, 0.2) is 24.4 Å². The number of aromatic nitrogens is 1. The predicted octanol–water partition coefficient (Wildman–Crippen LogP) is 3.28. The number of fused-ring (bicyclic) bond motifs is 3. The Hall–Kier alpha value is -1.03. The molecule has 3 heterocycles. The van der Waals surface area contributed by atoms with Gasteiger partial charge in [-0.25, -0.2) is 0 Å². The van der Waals surface area contributed by atoms with Gasteiger partial charge in [0.1, 0.15) is 0 Å². The fraction of sp³-hybridized carbons (Fsp3) is 0.500. The molecule has 0 radical (unpaired) electrons. The highest BCUT2D eigenvalue weighted by molar-refractivity contribution is 6.31. The van der Waals surface area contributed by atoms with Gasteiger partial charge in [-0.1, -0.05) is 17.7 Å². The van der Waals surface area contributed by atoms with E-state index in [9.17, 15) is 0 Å². The first-order chi connectivity index (χ1) is 9.70. The van der Waals surface area contributed by atoms with Crippen molar-refractivity contribution in [1.82, 2.24) is 9.88 Å². The Balaban J connectivity index is 1.62. The summed E-state index contributed by atoms with van der Waals surface area (Å²) in [6.45, 7) is 1.03. The normalized spacial score (nSPS) is 30.2. The van der Waals surface area contributed by atoms with Crippen LogP contribution in [0.1, 0.15) is 31.2 Å². The van der Waals surface area contributed by atoms with Crippen molar-refractivity contribution in [3.63, 3.8) is 0 Å². The van der Waals surface area contributed by atoms with Crippen LogP contribution in [-0.4, -0.2) is 28.0 Å². The van der Waals surface area contributed by atoms with Crippen molar-refractivity contribution < 1.29 is 0 Å². The molecule has 4 rings (SSSR count). The van der Waals surface area contributed by atoms with Crippen LogP contribution in [0.2, 0.25) is 5.02 Å². The summed E-state index contributed by atoms with van der Waals surface area (Å²) in [5.74, 6) is 0. The number of piperidine rings is 1. The van der Waals surface area contributed by atoms with Crippen molar-refractivity contribution >= 4 is 22.5 Å². The van der Waals surface area contributed by atoms with Gasteiger partial charge in [-0.2, -0.15) is 0 Å². The lowest BCUT2D eigenvalue weighted by Gasteiger charge is -2.37. The SMILES string of the molecule is NC1CC2CCC(C1)N2Cc1c[nH]c2cc(Cl)ccc12. The van der Waals surface area contributed by atoms with Gasteiger partial charge in [0, 0.05) is 46.8 Å². The Morgan fingerprint density at radius 1 is 1.25 bits per heavy atom. The zero-order valence-electron chi connectivity index (χ0n) is 11.5. The number of rotatable bonds is 2. The van der Waals surface area contributed by atoms with Gasteiger partial charge in [0.2, 0.25) is 0 Å². The highest BCUT2D eigenvalue weighted by Crippen LogP contribution is 2.37. The Kier molecular flexibility index (Phi) is 3.02. The van der Waals surface area contributed by atoms with Gasteiger partial charge < -0.3 is 10.7 Å². The first kappa shape index (κ1) is 12.7. The minimum Gasteiger partial charge on any atom is -0.361 e. The van der Waals surface area contributed by atoms with E-state index in [2.05, 4.69) is 22.1 Å². The molecule has 2 bridgehead atoms. The van der Waals surface area contributed by atoms with Crippen molar-refractivity contribution in [2.75, 3.05) is 0 Å². The number of nitrogens with zero attached hydrogens (tertiary/aromatic N) is 1. The van der Waals surface area contributed by atoms with Crippen molar-refractivity contribution in [1.29, 1.82) is 0 Å². The Morgan fingerprint density at radius 2 is 2.00 bits per heavy atom. The molecule has 2 fully saturated rings. The smallest absolute Gasteiger partial charge is 0.0472 e. The largest absolute Gasteiger partial charge is 0.361 e. The van der Waals surface area contributed by atoms with E-state index in [0.717, 1.165) is 29.9 Å². The van der Waals surface area contributed by atoms with Crippen LogP contribution in [0.5, 0.6) is 0 Å². The van der Waals surface area contributed by atoms with Crippen LogP contribution < -0.4 is 5.73 Å². The van der Waals surface area contributed by atoms with Crippen LogP contribution in [0.3, 0.4) is 0 Å². The maximum Gasteiger partial charge on any atom is 0.0472 e. The van der Waals surface area contributed by atoms with E-state index in [1.54, 1.807) is 0 Å². The second-order valence-electron chi connectivity index (χ2n) is 6.29. The molecule has 1 aromatic heterocycles. The first-order valence-corrected chi connectivity index (χ1v) is 7.85. The van der Waals surface area contributed by atoms with Crippen molar-refractivity contribution in [3.05, 3.63) is 35.0 Å². The molecular formula is C16H20ClN3. The molecule has 0 amide bonds. The number of halogens is 1. The summed E-state index contributed by atoms with van der Waals surface area (Å²) >= 11 is 6.05. The number of nitrogens with two attached hydrogens (primary N) is 1. The van der Waals surface area contributed by atoms with E-state index in [1.807, 2.05) is 12.1 Å². The van der Waals surface area contributed by atoms with Gasteiger partial charge in [-0.05, 0) is 43.4 Å². The Morgan fingerprint density at radius 3 is 2.75 bits per heavy atom. The molecule has 3 nitrogen and oxygen atoms in total. The second kappa shape index (κ2) is 4.76. The molecule has 0 spiro atoms. The first-order valence-electron chi connectivity index (χ1n) is 7.47. The average molecular weight is 290 g/mol. The van der Waals surface area contributed by atoms with Crippen LogP contribution >= 0.6 is 11.6 Å². The summed E-state index contributed by atoms with van der Waals surface area (Å²) in [5.41, 5.74) is 8.66. The average Bonchev–Trinajstić information content (AvgIpc) is 2.90. The number of benzene rings is 1. The van der Waals surface area contributed by atoms with Crippen molar-refractivity contribution in [2.45, 2.75) is 50.4 Å². The number of aromatic amines is 1. The van der Waals surface area contributed by atoms with Crippen LogP contribution in [-0.2, 0) is 6.54 Å². The lowest BCUT2D eigenvalue weighted by Crippen LogP contribution is -2.46. The van der Waals surface area contributed by atoms with Gasteiger partial charge in [0.05, 0.1) is 0 Å². The molecule has 0 saturated carbocycles. The van der Waals surface area contributed by atoms with Crippen molar-refractivity contribution in [3.8, 4) is 0 Å². The molecule has 2 aliphatic heterocycles. The molecule has 4 heteroatoms. The highest BCUT2D eigenvalue weighted by atomic mass is 35.5. The molecule has 0 aliphatic carbocycles. The Bertz CT molecular complexity index is 622. The van der Waals surface area contributed by atoms with E-state index in [0.29, 0.717) is 18.1 Å². The summed E-state index contributed by atoms with van der Waals surface area (Å²) in [6, 6.07) is 7.87. The maximum absolute atomic E-state index is 6.15. The summed E-state index contributed by atoms with van der Waals surface area (Å²) in [7, 11) is 0. The molecule has 106 valence electrons. The van der Waals surface area contributed by atoms with Gasteiger partial charge in [0.15, 0.2) is 0 Å². The lowest BCUT2D eigenvalue weighted by atomic mass is 9.97. The summed E-state index contributed by atoms with van der Waals surface area (Å²) < 4.78 is 0. The third-order valence-electron chi connectivity index (χ3n) is 5.00. The fourth-order valence-corrected chi connectivity index (χ4v) is 4.23. The summed E-state index contributed by atoms with van der Waals surface area (Å²) in [4.78, 5) is 6.01. The zero-order valence-corrected chi connectivity index (χ0v) is 12.2. The van der Waals surface area contributed by atoms with E-state index in [1.165, 1.54) is 23.8 Å². The zero-order chi connectivity index (χ0) is 13.7. The fourth-order valence-electron chi connectivity index (χ4n) is 4.06. The van der Waals surface area contributed by atoms with Crippen molar-refractivity contribution in [2.24, 2.45) is 5.73 Å². The maximum atomic E-state index is 6.15. The minimum absolute atomic E-state index is 0.408. The number of hydrogen-bond acceptors (Lipinski definition) is 2. The van der Waals surface area contributed by atoms with Crippen LogP contribution in [0, 0.1) is 0 Å². The number of hydrogen-bond donors (Lipinski definition) is 2. The molecule has 2 unspecified atom stereocenters. The monoisotopic (exact) mass is 289 g/mol. The summed E-state index contributed by atoms with van der Waals surface area (Å²) in [5, 5.41) is 2.08. The number of H-pyrrole nitrogens is 1. The van der Waals surface area contributed by atoms with Crippen LogP contribution in [0.4, 0.5) is 0 Å². The third-order valence-corrected chi connectivity index (χ3v) is 5.24.